The molecular formula is C22H27N. The molecule has 0 saturated carbocycles. The van der Waals surface area contributed by atoms with Gasteiger partial charge in [-0.05, 0) is 36.3 Å². The third-order valence-corrected chi connectivity index (χ3v) is 4.90. The molecule has 120 valence electrons. The summed E-state index contributed by atoms with van der Waals surface area (Å²) >= 11 is 0. The molecule has 1 saturated heterocycles. The van der Waals surface area contributed by atoms with Crippen LogP contribution >= 0.6 is 0 Å². The first-order chi connectivity index (χ1) is 11.3. The third kappa shape index (κ3) is 4.56. The number of allylic oxidation sites excluding steroid dienone is 1. The summed E-state index contributed by atoms with van der Waals surface area (Å²) in [5.74, 6) is 0.719. The van der Waals surface area contributed by atoms with Crippen LogP contribution in [0.1, 0.15) is 30.9 Å². The van der Waals surface area contributed by atoms with Crippen molar-refractivity contribution in [3.05, 3.63) is 83.4 Å². The van der Waals surface area contributed by atoms with Crippen LogP contribution < -0.4 is 0 Å². The number of hydrogen-bond donors (Lipinski definition) is 0. The van der Waals surface area contributed by atoms with Gasteiger partial charge < -0.3 is 0 Å². The first-order valence-electron chi connectivity index (χ1n) is 8.84. The molecule has 1 fully saturated rings. The SMILES string of the molecule is CCC1CN(Cc2ccccc2)CC/C1=C\Cc1ccccc1. The molecule has 0 aliphatic carbocycles. The fourth-order valence-electron chi connectivity index (χ4n) is 3.52. The molecule has 23 heavy (non-hydrogen) atoms. The molecule has 0 aromatic heterocycles. The lowest BCUT2D eigenvalue weighted by molar-refractivity contribution is 0.203. The highest BCUT2D eigenvalue weighted by Crippen LogP contribution is 2.27. The molecule has 1 heteroatoms. The van der Waals surface area contributed by atoms with Crippen LogP contribution in [0.4, 0.5) is 0 Å². The number of likely N-dealkylation sites (tertiary alicyclic amines) is 1. The van der Waals surface area contributed by atoms with Gasteiger partial charge in [0.1, 0.15) is 0 Å². The Bertz CT molecular complexity index is 615. The van der Waals surface area contributed by atoms with Gasteiger partial charge in [0, 0.05) is 19.6 Å². The van der Waals surface area contributed by atoms with Gasteiger partial charge in [-0.25, -0.2) is 0 Å². The van der Waals surface area contributed by atoms with Gasteiger partial charge >= 0.3 is 0 Å². The largest absolute Gasteiger partial charge is 0.298 e. The van der Waals surface area contributed by atoms with Crippen molar-refractivity contribution >= 4 is 0 Å². The Balaban J connectivity index is 1.60. The minimum absolute atomic E-state index is 0.719. The Morgan fingerprint density at radius 1 is 0.957 bits per heavy atom. The molecule has 1 aliphatic rings. The second kappa shape index (κ2) is 8.12. The quantitative estimate of drug-likeness (QED) is 0.696. The Morgan fingerprint density at radius 3 is 2.26 bits per heavy atom. The van der Waals surface area contributed by atoms with E-state index >= 15 is 0 Å². The van der Waals surface area contributed by atoms with E-state index in [-0.39, 0.29) is 0 Å². The summed E-state index contributed by atoms with van der Waals surface area (Å²) in [6.45, 7) is 5.80. The predicted octanol–water partition coefficient (Wildman–Crippen LogP) is 5.09. The fraction of sp³-hybridized carbons (Fsp3) is 0.364. The molecule has 0 bridgehead atoms. The van der Waals surface area contributed by atoms with Gasteiger partial charge in [-0.1, -0.05) is 79.2 Å². The van der Waals surface area contributed by atoms with Crippen molar-refractivity contribution in [3.63, 3.8) is 0 Å². The molecule has 2 aromatic carbocycles. The van der Waals surface area contributed by atoms with Crippen molar-refractivity contribution < 1.29 is 0 Å². The summed E-state index contributed by atoms with van der Waals surface area (Å²) in [4.78, 5) is 2.61. The molecule has 1 nitrogen and oxygen atoms in total. The number of piperidine rings is 1. The lowest BCUT2D eigenvalue weighted by Crippen LogP contribution is -2.36. The van der Waals surface area contributed by atoms with Crippen LogP contribution in [0.5, 0.6) is 0 Å². The standard InChI is InChI=1S/C22H27N/c1-2-21-18-23(17-20-11-7-4-8-12-20)16-15-22(21)14-13-19-9-5-3-6-10-19/h3-12,14,21H,2,13,15-18H2,1H3/b22-14+. The van der Waals surface area contributed by atoms with E-state index in [1.54, 1.807) is 5.57 Å². The average Bonchev–Trinajstić information content (AvgIpc) is 2.62. The normalized spacial score (nSPS) is 20.7. The topological polar surface area (TPSA) is 3.24 Å². The molecule has 1 unspecified atom stereocenters. The van der Waals surface area contributed by atoms with Crippen LogP contribution in [0, 0.1) is 5.92 Å². The smallest absolute Gasteiger partial charge is 0.0234 e. The number of benzene rings is 2. The van der Waals surface area contributed by atoms with Crippen LogP contribution in [-0.2, 0) is 13.0 Å². The van der Waals surface area contributed by atoms with E-state index in [2.05, 4.69) is 78.6 Å². The Kier molecular flexibility index (Phi) is 5.65. The predicted molar refractivity (Wildman–Crippen MR) is 98.3 cm³/mol. The maximum absolute atomic E-state index is 2.61. The zero-order chi connectivity index (χ0) is 15.9. The van der Waals surface area contributed by atoms with Crippen LogP contribution in [0.2, 0.25) is 0 Å². The van der Waals surface area contributed by atoms with Gasteiger partial charge in [0.15, 0.2) is 0 Å². The number of rotatable bonds is 5. The van der Waals surface area contributed by atoms with Crippen LogP contribution in [-0.4, -0.2) is 18.0 Å². The van der Waals surface area contributed by atoms with Crippen molar-refractivity contribution in [1.82, 2.24) is 4.90 Å². The van der Waals surface area contributed by atoms with Gasteiger partial charge in [-0.2, -0.15) is 0 Å². The summed E-state index contributed by atoms with van der Waals surface area (Å²) in [7, 11) is 0. The lowest BCUT2D eigenvalue weighted by atomic mass is 9.88. The van der Waals surface area contributed by atoms with E-state index < -0.39 is 0 Å². The minimum Gasteiger partial charge on any atom is -0.298 e. The zero-order valence-electron chi connectivity index (χ0n) is 14.1. The first-order valence-corrected chi connectivity index (χ1v) is 8.84. The molecule has 0 amide bonds. The minimum atomic E-state index is 0.719. The van der Waals surface area contributed by atoms with E-state index in [0.29, 0.717) is 0 Å². The summed E-state index contributed by atoms with van der Waals surface area (Å²) in [5, 5.41) is 0. The Morgan fingerprint density at radius 2 is 1.61 bits per heavy atom. The lowest BCUT2D eigenvalue weighted by Gasteiger charge is -2.34. The molecule has 2 aromatic rings. The summed E-state index contributed by atoms with van der Waals surface area (Å²) < 4.78 is 0. The monoisotopic (exact) mass is 305 g/mol. The summed E-state index contributed by atoms with van der Waals surface area (Å²) in [6, 6.07) is 21.7. The van der Waals surface area contributed by atoms with Crippen molar-refractivity contribution in [3.8, 4) is 0 Å². The Hall–Kier alpha value is -1.86. The summed E-state index contributed by atoms with van der Waals surface area (Å²) in [5.41, 5.74) is 4.52. The van der Waals surface area contributed by atoms with Crippen molar-refractivity contribution in [2.75, 3.05) is 13.1 Å². The molecule has 1 atom stereocenters. The van der Waals surface area contributed by atoms with Gasteiger partial charge in [0.05, 0.1) is 0 Å². The molecule has 0 radical (unpaired) electrons. The highest BCUT2D eigenvalue weighted by molar-refractivity contribution is 5.21. The van der Waals surface area contributed by atoms with Crippen LogP contribution in [0.3, 0.4) is 0 Å². The molecule has 0 spiro atoms. The van der Waals surface area contributed by atoms with Gasteiger partial charge in [-0.15, -0.1) is 0 Å². The number of nitrogens with zero attached hydrogens (tertiary/aromatic N) is 1. The highest BCUT2D eigenvalue weighted by Gasteiger charge is 2.22. The molecule has 3 rings (SSSR count). The van der Waals surface area contributed by atoms with Gasteiger partial charge in [0.2, 0.25) is 0 Å². The maximum Gasteiger partial charge on any atom is 0.0234 e. The second-order valence-electron chi connectivity index (χ2n) is 6.54. The fourth-order valence-corrected chi connectivity index (χ4v) is 3.52. The van der Waals surface area contributed by atoms with Crippen molar-refractivity contribution in [2.45, 2.75) is 32.7 Å². The van der Waals surface area contributed by atoms with Crippen LogP contribution in [0.25, 0.3) is 0 Å². The van der Waals surface area contributed by atoms with E-state index in [1.807, 2.05) is 0 Å². The van der Waals surface area contributed by atoms with Crippen molar-refractivity contribution in [1.29, 1.82) is 0 Å². The third-order valence-electron chi connectivity index (χ3n) is 4.90. The first kappa shape index (κ1) is 16.0. The molecule has 1 heterocycles. The second-order valence-corrected chi connectivity index (χ2v) is 6.54. The Labute approximate surface area is 140 Å². The van der Waals surface area contributed by atoms with Crippen molar-refractivity contribution in [2.24, 2.45) is 5.92 Å². The van der Waals surface area contributed by atoms with Gasteiger partial charge in [0.25, 0.3) is 0 Å². The van der Waals surface area contributed by atoms with E-state index in [4.69, 9.17) is 0 Å². The summed E-state index contributed by atoms with van der Waals surface area (Å²) in [6.07, 6.45) is 6.03. The number of hydrogen-bond acceptors (Lipinski definition) is 1. The maximum atomic E-state index is 2.61. The van der Waals surface area contributed by atoms with E-state index in [0.717, 1.165) is 18.9 Å². The molecular weight excluding hydrogens is 278 g/mol. The van der Waals surface area contributed by atoms with Crippen LogP contribution in [0.15, 0.2) is 72.3 Å². The van der Waals surface area contributed by atoms with E-state index in [1.165, 1.54) is 37.1 Å². The highest BCUT2D eigenvalue weighted by atomic mass is 15.1. The zero-order valence-corrected chi connectivity index (χ0v) is 14.1. The molecule has 1 aliphatic heterocycles. The van der Waals surface area contributed by atoms with Gasteiger partial charge in [-0.3, -0.25) is 4.90 Å². The molecule has 0 N–H and O–H groups in total. The van der Waals surface area contributed by atoms with E-state index in [9.17, 15) is 0 Å². The average molecular weight is 305 g/mol.